The van der Waals surface area contributed by atoms with Crippen molar-refractivity contribution in [2.45, 2.75) is 38.3 Å². The third-order valence-electron chi connectivity index (χ3n) is 7.80. The maximum atomic E-state index is 14.1. The molecule has 8 heteroatoms. The Hall–Kier alpha value is -4.20. The first-order valence-corrected chi connectivity index (χ1v) is 13.0. The minimum Gasteiger partial charge on any atom is -0.493 e. The number of aromatic nitrogens is 1. The lowest BCUT2D eigenvalue weighted by Gasteiger charge is -2.51. The van der Waals surface area contributed by atoms with Crippen LogP contribution in [0.5, 0.6) is 11.5 Å². The van der Waals surface area contributed by atoms with Crippen molar-refractivity contribution in [2.24, 2.45) is 0 Å². The number of furan rings is 1. The lowest BCUT2D eigenvalue weighted by atomic mass is 9.76. The van der Waals surface area contributed by atoms with Gasteiger partial charge >= 0.3 is 0 Å². The second-order valence-electron chi connectivity index (χ2n) is 10.1. The molecule has 196 valence electrons. The van der Waals surface area contributed by atoms with E-state index in [0.29, 0.717) is 30.4 Å². The summed E-state index contributed by atoms with van der Waals surface area (Å²) in [6.45, 7) is 5.14. The Morgan fingerprint density at radius 1 is 1.11 bits per heavy atom. The van der Waals surface area contributed by atoms with E-state index in [1.165, 1.54) is 0 Å². The van der Waals surface area contributed by atoms with Crippen molar-refractivity contribution in [3.05, 3.63) is 83.4 Å². The maximum absolute atomic E-state index is 14.1. The summed E-state index contributed by atoms with van der Waals surface area (Å²) in [5.41, 5.74) is 2.55. The molecule has 4 heterocycles. The number of aromatic amines is 1. The number of hydrogen-bond donors (Lipinski definition) is 1. The predicted octanol–water partition coefficient (Wildman–Crippen LogP) is 4.79. The van der Waals surface area contributed by atoms with Crippen LogP contribution in [-0.4, -0.2) is 53.4 Å². The average molecular weight is 514 g/mol. The van der Waals surface area contributed by atoms with Crippen LogP contribution in [0.4, 0.5) is 0 Å². The summed E-state index contributed by atoms with van der Waals surface area (Å²) in [5.74, 6) is 1.61. The fourth-order valence-corrected chi connectivity index (χ4v) is 5.93. The van der Waals surface area contributed by atoms with Gasteiger partial charge in [-0.15, -0.1) is 0 Å². The van der Waals surface area contributed by atoms with Gasteiger partial charge in [0, 0.05) is 23.4 Å². The first-order valence-electron chi connectivity index (χ1n) is 13.0. The highest BCUT2D eigenvalue weighted by molar-refractivity contribution is 6.01. The zero-order valence-electron chi connectivity index (χ0n) is 21.8. The minimum absolute atomic E-state index is 0.00449. The van der Waals surface area contributed by atoms with E-state index in [2.05, 4.69) is 18.0 Å². The van der Waals surface area contributed by atoms with Gasteiger partial charge in [-0.25, -0.2) is 0 Å². The largest absolute Gasteiger partial charge is 0.493 e. The molecule has 2 aliphatic rings. The van der Waals surface area contributed by atoms with Crippen molar-refractivity contribution in [1.82, 2.24) is 14.8 Å². The lowest BCUT2D eigenvalue weighted by molar-refractivity contribution is -0.167. The van der Waals surface area contributed by atoms with Crippen molar-refractivity contribution < 1.29 is 23.5 Å². The Morgan fingerprint density at radius 2 is 1.95 bits per heavy atom. The molecule has 8 nitrogen and oxygen atoms in total. The fraction of sp³-hybridized carbons (Fsp3) is 0.333. The molecule has 2 amide bonds. The maximum Gasteiger partial charge on any atom is 0.255 e. The van der Waals surface area contributed by atoms with Gasteiger partial charge in [-0.2, -0.15) is 0 Å². The molecule has 2 aliphatic heterocycles. The van der Waals surface area contributed by atoms with Gasteiger partial charge in [0.15, 0.2) is 17.0 Å². The molecule has 2 aromatic heterocycles. The first kappa shape index (κ1) is 24.2. The highest BCUT2D eigenvalue weighted by atomic mass is 16.5. The summed E-state index contributed by atoms with van der Waals surface area (Å²) in [4.78, 5) is 34.6. The van der Waals surface area contributed by atoms with Gasteiger partial charge in [-0.1, -0.05) is 31.2 Å². The summed E-state index contributed by atoms with van der Waals surface area (Å²) < 4.78 is 17.0. The van der Waals surface area contributed by atoms with Crippen molar-refractivity contribution in [3.63, 3.8) is 0 Å². The van der Waals surface area contributed by atoms with Crippen molar-refractivity contribution in [2.75, 3.05) is 26.8 Å². The number of rotatable bonds is 7. The van der Waals surface area contributed by atoms with Gasteiger partial charge in [0.05, 0.1) is 32.2 Å². The zero-order valence-corrected chi connectivity index (χ0v) is 21.8. The Kier molecular flexibility index (Phi) is 5.90. The van der Waals surface area contributed by atoms with Crippen LogP contribution in [0.1, 0.15) is 48.8 Å². The number of para-hydroxylation sites is 1. The van der Waals surface area contributed by atoms with E-state index < -0.39 is 5.54 Å². The number of piperazine rings is 1. The summed E-state index contributed by atoms with van der Waals surface area (Å²) in [6.07, 6.45) is 2.47. The lowest BCUT2D eigenvalue weighted by Crippen LogP contribution is -2.67. The summed E-state index contributed by atoms with van der Waals surface area (Å²) in [6, 6.07) is 17.6. The molecule has 2 unspecified atom stereocenters. The van der Waals surface area contributed by atoms with E-state index in [1.807, 2.05) is 49.4 Å². The standard InChI is InChI=1S/C30H31N3O5/c1-4-13-38-24-12-11-19(15-25(24)36-3)22-17-33-26(34)18-32(16-20-8-7-14-37-20)29(35)30(33,2)28-27(22)21-9-5-6-10-23(21)31-28/h5-12,14-15,22,31H,4,13,16-18H2,1-3H3. The summed E-state index contributed by atoms with van der Waals surface area (Å²) >= 11 is 0. The number of methoxy groups -OCH3 is 1. The number of benzene rings is 2. The zero-order chi connectivity index (χ0) is 26.4. The van der Waals surface area contributed by atoms with Gasteiger partial charge in [-0.05, 0) is 54.8 Å². The molecular formula is C30H31N3O5. The molecule has 0 spiro atoms. The van der Waals surface area contributed by atoms with Crippen LogP contribution in [0.3, 0.4) is 0 Å². The molecule has 6 rings (SSSR count). The molecule has 2 atom stereocenters. The van der Waals surface area contributed by atoms with Crippen LogP contribution in [0, 0.1) is 0 Å². The molecular weight excluding hydrogens is 482 g/mol. The smallest absolute Gasteiger partial charge is 0.255 e. The number of nitrogens with zero attached hydrogens (tertiary/aromatic N) is 2. The van der Waals surface area contributed by atoms with Gasteiger partial charge in [0.2, 0.25) is 5.91 Å². The van der Waals surface area contributed by atoms with Gasteiger partial charge in [0.25, 0.3) is 5.91 Å². The van der Waals surface area contributed by atoms with E-state index in [-0.39, 0.29) is 30.8 Å². The van der Waals surface area contributed by atoms with E-state index in [9.17, 15) is 9.59 Å². The molecule has 4 aromatic rings. The number of fused-ring (bicyclic) bond motifs is 5. The van der Waals surface area contributed by atoms with Crippen LogP contribution in [0.2, 0.25) is 0 Å². The first-order chi connectivity index (χ1) is 18.5. The Bertz CT molecular complexity index is 1510. The van der Waals surface area contributed by atoms with Crippen LogP contribution >= 0.6 is 0 Å². The van der Waals surface area contributed by atoms with Crippen molar-refractivity contribution in [3.8, 4) is 11.5 Å². The number of carbonyl (C=O) groups is 2. The second kappa shape index (κ2) is 9.28. The number of ether oxygens (including phenoxy) is 2. The Labute approximate surface area is 221 Å². The molecule has 0 aliphatic carbocycles. The molecule has 1 fully saturated rings. The fourth-order valence-electron chi connectivity index (χ4n) is 5.93. The summed E-state index contributed by atoms with van der Waals surface area (Å²) in [7, 11) is 1.63. The third-order valence-corrected chi connectivity index (χ3v) is 7.80. The highest BCUT2D eigenvalue weighted by Gasteiger charge is 2.56. The SMILES string of the molecule is CCCOc1ccc(C2CN3C(=O)CN(Cc4ccco4)C(=O)C3(C)c3[nH]c4ccccc4c32)cc1OC. The molecule has 0 radical (unpaired) electrons. The number of amides is 2. The number of H-pyrrole nitrogens is 1. The number of carbonyl (C=O) groups excluding carboxylic acids is 2. The van der Waals surface area contributed by atoms with E-state index in [4.69, 9.17) is 13.9 Å². The summed E-state index contributed by atoms with van der Waals surface area (Å²) in [5, 5.41) is 1.04. The van der Waals surface area contributed by atoms with Crippen LogP contribution in [0.25, 0.3) is 10.9 Å². The molecule has 0 bridgehead atoms. The third kappa shape index (κ3) is 3.66. The minimum atomic E-state index is -1.17. The topological polar surface area (TPSA) is 88.0 Å². The second-order valence-corrected chi connectivity index (χ2v) is 10.1. The Balaban J connectivity index is 1.48. The van der Waals surface area contributed by atoms with Crippen molar-refractivity contribution in [1.29, 1.82) is 0 Å². The predicted molar refractivity (Wildman–Crippen MR) is 142 cm³/mol. The Morgan fingerprint density at radius 3 is 2.71 bits per heavy atom. The van der Waals surface area contributed by atoms with Crippen LogP contribution in [0.15, 0.2) is 65.3 Å². The number of nitrogens with one attached hydrogen (secondary N) is 1. The van der Waals surface area contributed by atoms with E-state index in [1.54, 1.807) is 29.2 Å². The highest BCUT2D eigenvalue weighted by Crippen LogP contribution is 2.49. The molecule has 38 heavy (non-hydrogen) atoms. The van der Waals surface area contributed by atoms with Gasteiger partial charge < -0.3 is 28.7 Å². The molecule has 1 N–H and O–H groups in total. The number of hydrogen-bond acceptors (Lipinski definition) is 5. The molecule has 0 saturated carbocycles. The molecule has 2 aromatic carbocycles. The van der Waals surface area contributed by atoms with Crippen LogP contribution in [-0.2, 0) is 21.7 Å². The van der Waals surface area contributed by atoms with Crippen molar-refractivity contribution >= 4 is 22.7 Å². The van der Waals surface area contributed by atoms with Gasteiger partial charge in [-0.3, -0.25) is 9.59 Å². The molecule has 1 saturated heterocycles. The van der Waals surface area contributed by atoms with E-state index in [0.717, 1.165) is 34.1 Å². The monoisotopic (exact) mass is 513 g/mol. The van der Waals surface area contributed by atoms with E-state index >= 15 is 0 Å². The quantitative estimate of drug-likeness (QED) is 0.384. The average Bonchev–Trinajstić information content (AvgIpc) is 3.59. The van der Waals surface area contributed by atoms with Gasteiger partial charge in [0.1, 0.15) is 12.3 Å². The normalized spacial score (nSPS) is 21.0. The van der Waals surface area contributed by atoms with Crippen LogP contribution < -0.4 is 9.47 Å².